The highest BCUT2D eigenvalue weighted by molar-refractivity contribution is 8.00. The van der Waals surface area contributed by atoms with Gasteiger partial charge in [0.15, 0.2) is 0 Å². The Bertz CT molecular complexity index is 986. The van der Waals surface area contributed by atoms with E-state index in [-0.39, 0.29) is 17.2 Å². The quantitative estimate of drug-likeness (QED) is 0.650. The highest BCUT2D eigenvalue weighted by Gasteiger charge is 2.34. The van der Waals surface area contributed by atoms with Gasteiger partial charge in [0.2, 0.25) is 11.1 Å². The van der Waals surface area contributed by atoms with E-state index in [2.05, 4.69) is 28.5 Å². The number of anilines is 1. The molecule has 0 fully saturated rings. The third kappa shape index (κ3) is 3.23. The van der Waals surface area contributed by atoms with Crippen LogP contribution in [0.5, 0.6) is 0 Å². The van der Waals surface area contributed by atoms with Crippen molar-refractivity contribution < 1.29 is 4.79 Å². The second-order valence-electron chi connectivity index (χ2n) is 6.81. The molecule has 1 aliphatic heterocycles. The summed E-state index contributed by atoms with van der Waals surface area (Å²) in [5.74, 6) is 0.0804. The Morgan fingerprint density at radius 2 is 1.85 bits per heavy atom. The van der Waals surface area contributed by atoms with Gasteiger partial charge in [-0.3, -0.25) is 4.79 Å². The van der Waals surface area contributed by atoms with Crippen LogP contribution in [-0.2, 0) is 11.2 Å². The number of carbonyl (C=O) groups excluding carboxylic acids is 1. The molecule has 1 aromatic heterocycles. The fourth-order valence-corrected chi connectivity index (χ4v) is 4.36. The van der Waals surface area contributed by atoms with Crippen LogP contribution in [0.3, 0.4) is 0 Å². The number of para-hydroxylation sites is 2. The largest absolute Gasteiger partial charge is 0.308 e. The zero-order chi connectivity index (χ0) is 19.0. The highest BCUT2D eigenvalue weighted by atomic mass is 32.2. The van der Waals surface area contributed by atoms with Crippen LogP contribution in [0, 0.1) is 6.92 Å². The minimum absolute atomic E-state index is 0.0804. The summed E-state index contributed by atoms with van der Waals surface area (Å²) in [6.07, 6.45) is 0.889. The van der Waals surface area contributed by atoms with E-state index in [1.54, 1.807) is 4.68 Å². The number of rotatable bonds is 4. The summed E-state index contributed by atoms with van der Waals surface area (Å²) in [5.41, 5.74) is 4.23. The molecule has 4 rings (SSSR count). The van der Waals surface area contributed by atoms with Gasteiger partial charge in [-0.1, -0.05) is 48.2 Å². The fraction of sp³-hybridized carbons (Fsp3) is 0.300. The highest BCUT2D eigenvalue weighted by Crippen LogP contribution is 2.34. The minimum Gasteiger partial charge on any atom is -0.308 e. The number of nitrogens with zero attached hydrogens (tertiary/aromatic N) is 5. The van der Waals surface area contributed by atoms with E-state index in [1.165, 1.54) is 17.3 Å². The lowest BCUT2D eigenvalue weighted by Gasteiger charge is -2.25. The van der Waals surface area contributed by atoms with Gasteiger partial charge in [0, 0.05) is 11.7 Å². The smallest absolute Gasteiger partial charge is 0.240 e. The fourth-order valence-electron chi connectivity index (χ4n) is 3.51. The molecule has 2 atom stereocenters. The topological polar surface area (TPSA) is 63.9 Å². The van der Waals surface area contributed by atoms with Gasteiger partial charge in [-0.15, -0.1) is 5.10 Å². The zero-order valence-electron chi connectivity index (χ0n) is 15.5. The standard InChI is InChI=1S/C20H21N5OS/c1-13-8-4-6-10-17(13)25-20(21-22-23-25)27-15(3)19(26)24-14(2)12-16-9-5-7-11-18(16)24/h4-11,14-15H,12H2,1-3H3/t14-,15+/m0/s1. The van der Waals surface area contributed by atoms with Crippen molar-refractivity contribution in [3.8, 4) is 5.69 Å². The third-order valence-corrected chi connectivity index (χ3v) is 5.88. The molecule has 2 heterocycles. The molecular formula is C20H21N5OS. The number of hydrogen-bond donors (Lipinski definition) is 0. The number of aryl methyl sites for hydroxylation is 1. The van der Waals surface area contributed by atoms with Crippen LogP contribution < -0.4 is 4.90 Å². The van der Waals surface area contributed by atoms with Gasteiger partial charge in [-0.2, -0.15) is 4.68 Å². The Hall–Kier alpha value is -2.67. The molecule has 1 aliphatic rings. The first-order valence-corrected chi connectivity index (χ1v) is 9.86. The molecule has 0 radical (unpaired) electrons. The third-order valence-electron chi connectivity index (χ3n) is 4.86. The van der Waals surface area contributed by atoms with Gasteiger partial charge in [0.1, 0.15) is 0 Å². The first-order valence-electron chi connectivity index (χ1n) is 8.98. The summed E-state index contributed by atoms with van der Waals surface area (Å²) in [6.45, 7) is 6.02. The molecule has 7 heteroatoms. The van der Waals surface area contributed by atoms with Gasteiger partial charge in [-0.05, 0) is 60.9 Å². The van der Waals surface area contributed by atoms with Crippen LogP contribution in [0.2, 0.25) is 0 Å². The van der Waals surface area contributed by atoms with E-state index in [0.29, 0.717) is 5.16 Å². The SMILES string of the molecule is Cc1ccccc1-n1nnnc1S[C@H](C)C(=O)N1c2ccccc2C[C@@H]1C. The number of fused-ring (bicyclic) bond motifs is 1. The molecule has 27 heavy (non-hydrogen) atoms. The lowest BCUT2D eigenvalue weighted by molar-refractivity contribution is -0.118. The van der Waals surface area contributed by atoms with E-state index in [0.717, 1.165) is 23.4 Å². The Kier molecular flexibility index (Phi) is 4.70. The molecule has 0 saturated heterocycles. The summed E-state index contributed by atoms with van der Waals surface area (Å²) < 4.78 is 1.70. The zero-order valence-corrected chi connectivity index (χ0v) is 16.3. The van der Waals surface area contributed by atoms with Crippen LogP contribution in [0.1, 0.15) is 25.0 Å². The van der Waals surface area contributed by atoms with Gasteiger partial charge in [0.05, 0.1) is 10.9 Å². The summed E-state index contributed by atoms with van der Waals surface area (Å²) in [5, 5.41) is 12.4. The van der Waals surface area contributed by atoms with E-state index in [4.69, 9.17) is 0 Å². The van der Waals surface area contributed by atoms with E-state index < -0.39 is 0 Å². The Morgan fingerprint density at radius 3 is 2.63 bits per heavy atom. The Balaban J connectivity index is 1.57. The number of carbonyl (C=O) groups is 1. The molecule has 0 unspecified atom stereocenters. The monoisotopic (exact) mass is 379 g/mol. The first-order chi connectivity index (χ1) is 13.1. The molecule has 0 N–H and O–H groups in total. The summed E-state index contributed by atoms with van der Waals surface area (Å²) >= 11 is 1.39. The number of hydrogen-bond acceptors (Lipinski definition) is 5. The van der Waals surface area contributed by atoms with Crippen LogP contribution >= 0.6 is 11.8 Å². The Morgan fingerprint density at radius 1 is 1.15 bits per heavy atom. The predicted octanol–water partition coefficient (Wildman–Crippen LogP) is 3.43. The van der Waals surface area contributed by atoms with E-state index in [1.807, 2.05) is 61.2 Å². The Labute approximate surface area is 162 Å². The molecule has 2 aromatic carbocycles. The second kappa shape index (κ2) is 7.15. The number of benzene rings is 2. The van der Waals surface area contributed by atoms with E-state index >= 15 is 0 Å². The van der Waals surface area contributed by atoms with Crippen molar-refractivity contribution in [3.63, 3.8) is 0 Å². The molecule has 6 nitrogen and oxygen atoms in total. The number of thioether (sulfide) groups is 1. The van der Waals surface area contributed by atoms with Gasteiger partial charge >= 0.3 is 0 Å². The second-order valence-corrected chi connectivity index (χ2v) is 8.12. The molecule has 0 spiro atoms. The number of tetrazole rings is 1. The predicted molar refractivity (Wildman–Crippen MR) is 106 cm³/mol. The maximum Gasteiger partial charge on any atom is 0.240 e. The maximum atomic E-state index is 13.2. The van der Waals surface area contributed by atoms with Crippen LogP contribution in [0.25, 0.3) is 5.69 Å². The average molecular weight is 379 g/mol. The van der Waals surface area contributed by atoms with Crippen molar-refractivity contribution in [1.82, 2.24) is 20.2 Å². The summed E-state index contributed by atoms with van der Waals surface area (Å²) in [6, 6.07) is 16.2. The van der Waals surface area contributed by atoms with Crippen molar-refractivity contribution in [2.75, 3.05) is 4.90 Å². The van der Waals surface area contributed by atoms with Crippen molar-refractivity contribution >= 4 is 23.4 Å². The maximum absolute atomic E-state index is 13.2. The molecule has 0 bridgehead atoms. The number of amides is 1. The molecule has 0 aliphatic carbocycles. The van der Waals surface area contributed by atoms with Crippen LogP contribution in [-0.4, -0.2) is 37.4 Å². The van der Waals surface area contributed by atoms with Crippen molar-refractivity contribution in [2.45, 2.75) is 43.6 Å². The van der Waals surface area contributed by atoms with Crippen LogP contribution in [0.15, 0.2) is 53.7 Å². The van der Waals surface area contributed by atoms with Crippen molar-refractivity contribution in [2.24, 2.45) is 0 Å². The molecule has 3 aromatic rings. The lowest BCUT2D eigenvalue weighted by Crippen LogP contribution is -2.40. The molecular weight excluding hydrogens is 358 g/mol. The average Bonchev–Trinajstić information content (AvgIpc) is 3.24. The van der Waals surface area contributed by atoms with Crippen LogP contribution in [0.4, 0.5) is 5.69 Å². The van der Waals surface area contributed by atoms with Crippen molar-refractivity contribution in [1.29, 1.82) is 0 Å². The van der Waals surface area contributed by atoms with Gasteiger partial charge in [0.25, 0.3) is 0 Å². The number of aromatic nitrogens is 4. The first kappa shape index (κ1) is 17.7. The molecule has 1 amide bonds. The summed E-state index contributed by atoms with van der Waals surface area (Å²) in [7, 11) is 0. The normalized spacial score (nSPS) is 17.0. The van der Waals surface area contributed by atoms with Gasteiger partial charge < -0.3 is 4.90 Å². The van der Waals surface area contributed by atoms with E-state index in [9.17, 15) is 4.79 Å². The molecule has 0 saturated carbocycles. The molecule has 138 valence electrons. The van der Waals surface area contributed by atoms with Crippen molar-refractivity contribution in [3.05, 3.63) is 59.7 Å². The lowest BCUT2D eigenvalue weighted by atomic mass is 10.1. The minimum atomic E-state index is -0.299. The van der Waals surface area contributed by atoms with Gasteiger partial charge in [-0.25, -0.2) is 0 Å². The summed E-state index contributed by atoms with van der Waals surface area (Å²) in [4.78, 5) is 15.1.